The highest BCUT2D eigenvalue weighted by atomic mass is 19.3. The van der Waals surface area contributed by atoms with Crippen LogP contribution in [0.4, 0.5) is 14.5 Å². The normalized spacial score (nSPS) is 22.5. The average Bonchev–Trinajstić information content (AvgIpc) is 3.61. The maximum Gasteiger partial charge on any atom is 0.328 e. The molecule has 192 valence electrons. The van der Waals surface area contributed by atoms with Gasteiger partial charge < -0.3 is 20.4 Å². The minimum atomic E-state index is -3.39. The smallest absolute Gasteiger partial charge is 0.328 e. The molecule has 8 nitrogen and oxygen atoms in total. The number of nitrogens with one attached hydrogen (secondary N) is 1. The maximum atomic E-state index is 13.8. The first-order valence-electron chi connectivity index (χ1n) is 12.4. The zero-order valence-corrected chi connectivity index (χ0v) is 20.3. The molecule has 5 rings (SSSR count). The lowest BCUT2D eigenvalue weighted by Gasteiger charge is -2.36. The highest BCUT2D eigenvalue weighted by Crippen LogP contribution is 2.49. The van der Waals surface area contributed by atoms with Gasteiger partial charge in [0.15, 0.2) is 0 Å². The first-order valence-corrected chi connectivity index (χ1v) is 12.4. The number of aromatic nitrogens is 3. The van der Waals surface area contributed by atoms with Crippen LogP contribution in [0.15, 0.2) is 36.5 Å². The Kier molecular flexibility index (Phi) is 6.10. The molecule has 2 aliphatic rings. The van der Waals surface area contributed by atoms with E-state index in [9.17, 15) is 23.9 Å². The third kappa shape index (κ3) is 4.61. The molecule has 0 unspecified atom stereocenters. The summed E-state index contributed by atoms with van der Waals surface area (Å²) in [6.07, 6.45) is 7.32. The lowest BCUT2D eigenvalue weighted by molar-refractivity contribution is -0.626. The molecule has 2 aromatic heterocycles. The Hall–Kier alpha value is -3.27. The molecule has 0 spiro atoms. The molecule has 1 amide bonds. The molecule has 10 heteroatoms. The van der Waals surface area contributed by atoms with Crippen molar-refractivity contribution in [1.29, 1.82) is 0 Å². The fourth-order valence-corrected chi connectivity index (χ4v) is 5.20. The van der Waals surface area contributed by atoms with Crippen molar-refractivity contribution in [3.63, 3.8) is 0 Å². The van der Waals surface area contributed by atoms with Crippen LogP contribution >= 0.6 is 0 Å². The first kappa shape index (κ1) is 24.4. The predicted molar refractivity (Wildman–Crippen MR) is 129 cm³/mol. The summed E-state index contributed by atoms with van der Waals surface area (Å²) in [6, 6.07) is 7.03. The highest BCUT2D eigenvalue weighted by Gasteiger charge is 2.46. The SMILES string of the molecule is CCOc1cc2nn(C3CCC(O)(C4CC4)CC3)cc2cc1NC(=O)c1cccc(C(C)(F)F)[n+]1[O-]. The number of hydrogen-bond acceptors (Lipinski definition) is 5. The monoisotopic (exact) mass is 500 g/mol. The van der Waals surface area contributed by atoms with Crippen molar-refractivity contribution in [3.05, 3.63) is 53.1 Å². The number of pyridine rings is 1. The zero-order chi connectivity index (χ0) is 25.7. The van der Waals surface area contributed by atoms with Gasteiger partial charge in [0, 0.05) is 36.7 Å². The van der Waals surface area contributed by atoms with E-state index in [4.69, 9.17) is 9.84 Å². The third-order valence-corrected chi connectivity index (χ3v) is 7.33. The van der Waals surface area contributed by atoms with E-state index >= 15 is 0 Å². The van der Waals surface area contributed by atoms with Crippen LogP contribution < -0.4 is 14.8 Å². The molecule has 2 heterocycles. The van der Waals surface area contributed by atoms with Gasteiger partial charge in [-0.2, -0.15) is 18.6 Å². The summed E-state index contributed by atoms with van der Waals surface area (Å²) in [6.45, 7) is 2.74. The quantitative estimate of drug-likeness (QED) is 0.362. The molecule has 36 heavy (non-hydrogen) atoms. The van der Waals surface area contributed by atoms with Gasteiger partial charge in [-0.05, 0) is 63.5 Å². The Morgan fingerprint density at radius 1 is 1.31 bits per heavy atom. The molecule has 2 saturated carbocycles. The number of nitrogens with zero attached hydrogens (tertiary/aromatic N) is 3. The topological polar surface area (TPSA) is 103 Å². The summed E-state index contributed by atoms with van der Waals surface area (Å²) in [5, 5.41) is 31.4. The van der Waals surface area contributed by atoms with Gasteiger partial charge in [0.1, 0.15) is 5.75 Å². The largest absolute Gasteiger partial charge is 0.618 e. The van der Waals surface area contributed by atoms with Crippen LogP contribution in [-0.2, 0) is 5.92 Å². The van der Waals surface area contributed by atoms with Crippen molar-refractivity contribution < 1.29 is 28.1 Å². The van der Waals surface area contributed by atoms with E-state index in [2.05, 4.69) is 5.32 Å². The van der Waals surface area contributed by atoms with Crippen molar-refractivity contribution in [2.24, 2.45) is 5.92 Å². The summed E-state index contributed by atoms with van der Waals surface area (Å²) in [4.78, 5) is 12.9. The summed E-state index contributed by atoms with van der Waals surface area (Å²) >= 11 is 0. The summed E-state index contributed by atoms with van der Waals surface area (Å²) < 4.78 is 35.1. The molecular weight excluding hydrogens is 470 g/mol. The van der Waals surface area contributed by atoms with Crippen molar-refractivity contribution in [3.8, 4) is 5.75 Å². The van der Waals surface area contributed by atoms with Gasteiger partial charge in [-0.15, -0.1) is 0 Å². The third-order valence-electron chi connectivity index (χ3n) is 7.33. The zero-order valence-electron chi connectivity index (χ0n) is 20.3. The number of benzene rings is 1. The number of amides is 1. The van der Waals surface area contributed by atoms with E-state index in [-0.39, 0.29) is 10.8 Å². The van der Waals surface area contributed by atoms with Crippen molar-refractivity contribution in [2.75, 3.05) is 11.9 Å². The summed E-state index contributed by atoms with van der Waals surface area (Å²) in [5.74, 6) is -3.41. The number of rotatable bonds is 7. The minimum Gasteiger partial charge on any atom is -0.618 e. The summed E-state index contributed by atoms with van der Waals surface area (Å²) in [5.41, 5.74) is -0.795. The van der Waals surface area contributed by atoms with Crippen LogP contribution in [-0.4, -0.2) is 33.0 Å². The Morgan fingerprint density at radius 2 is 2.03 bits per heavy atom. The lowest BCUT2D eigenvalue weighted by atomic mass is 9.79. The van der Waals surface area contributed by atoms with Gasteiger partial charge in [0.2, 0.25) is 0 Å². The van der Waals surface area contributed by atoms with Crippen LogP contribution in [0.3, 0.4) is 0 Å². The number of halogens is 2. The van der Waals surface area contributed by atoms with Crippen LogP contribution in [0.25, 0.3) is 10.9 Å². The number of hydrogen-bond donors (Lipinski definition) is 2. The second kappa shape index (κ2) is 8.99. The number of alkyl halides is 2. The molecule has 0 saturated heterocycles. The van der Waals surface area contributed by atoms with Crippen LogP contribution in [0.5, 0.6) is 5.75 Å². The van der Waals surface area contributed by atoms with E-state index in [1.165, 1.54) is 12.1 Å². The van der Waals surface area contributed by atoms with Gasteiger partial charge in [-0.25, -0.2) is 0 Å². The van der Waals surface area contributed by atoms with Crippen LogP contribution in [0.2, 0.25) is 0 Å². The Bertz CT molecular complexity index is 1290. The van der Waals surface area contributed by atoms with Gasteiger partial charge in [0.25, 0.3) is 11.4 Å². The fourth-order valence-electron chi connectivity index (χ4n) is 5.20. The van der Waals surface area contributed by atoms with E-state index in [1.54, 1.807) is 19.1 Å². The molecule has 2 N–H and O–H groups in total. The number of fused-ring (bicyclic) bond motifs is 1. The van der Waals surface area contributed by atoms with E-state index in [1.807, 2.05) is 10.9 Å². The van der Waals surface area contributed by atoms with Crippen molar-refractivity contribution >= 4 is 22.5 Å². The Balaban J connectivity index is 1.40. The number of aliphatic hydroxyl groups is 1. The first-order chi connectivity index (χ1) is 17.1. The number of ether oxygens (including phenoxy) is 1. The molecule has 0 bridgehead atoms. The maximum absolute atomic E-state index is 13.8. The van der Waals surface area contributed by atoms with E-state index in [0.29, 0.717) is 36.4 Å². The molecule has 2 fully saturated rings. The van der Waals surface area contributed by atoms with Gasteiger partial charge in [0.05, 0.1) is 29.5 Å². The lowest BCUT2D eigenvalue weighted by Crippen LogP contribution is -2.43. The number of anilines is 1. The van der Waals surface area contributed by atoms with Crippen molar-refractivity contribution in [1.82, 2.24) is 9.78 Å². The Morgan fingerprint density at radius 3 is 2.67 bits per heavy atom. The standard InChI is InChI=1S/C26H30F2N4O4/c1-3-36-22-14-19-16(15-31(30-19)18-9-11-26(34,12-10-18)17-7-8-17)13-20(22)29-24(33)21-5-4-6-23(32(21)35)25(2,27)28/h4-6,13-15,17-18,34H,3,7-12H2,1-2H3,(H,29,33). The highest BCUT2D eigenvalue weighted by molar-refractivity contribution is 6.04. The second-order valence-electron chi connectivity index (χ2n) is 9.99. The van der Waals surface area contributed by atoms with Gasteiger partial charge >= 0.3 is 11.8 Å². The van der Waals surface area contributed by atoms with Crippen LogP contribution in [0, 0.1) is 11.1 Å². The molecule has 1 aromatic carbocycles. The number of carbonyl (C=O) groups excluding carboxylic acids is 1. The van der Waals surface area contributed by atoms with E-state index < -0.39 is 28.8 Å². The summed E-state index contributed by atoms with van der Waals surface area (Å²) in [7, 11) is 0. The minimum absolute atomic E-state index is 0.0435. The molecular formula is C26H30F2N4O4. The number of carbonyl (C=O) groups is 1. The predicted octanol–water partition coefficient (Wildman–Crippen LogP) is 4.69. The molecule has 2 aliphatic carbocycles. The molecule has 3 aromatic rings. The molecule has 0 aliphatic heterocycles. The van der Waals surface area contributed by atoms with Gasteiger partial charge in [-0.1, -0.05) is 0 Å². The second-order valence-corrected chi connectivity index (χ2v) is 9.99. The van der Waals surface area contributed by atoms with Crippen molar-refractivity contribution in [2.45, 2.75) is 69.9 Å². The Labute approximate surface area is 207 Å². The van der Waals surface area contributed by atoms with Gasteiger partial charge in [-0.3, -0.25) is 9.48 Å². The molecule has 0 radical (unpaired) electrons. The van der Waals surface area contributed by atoms with Crippen LogP contribution in [0.1, 0.15) is 74.6 Å². The average molecular weight is 501 g/mol. The van der Waals surface area contributed by atoms with E-state index in [0.717, 1.165) is 50.0 Å². The fraction of sp³-hybridized carbons (Fsp3) is 0.500. The molecule has 0 atom stereocenters.